The Balaban J connectivity index is 1.74. The summed E-state index contributed by atoms with van der Waals surface area (Å²) in [6.45, 7) is 4.92. The highest BCUT2D eigenvalue weighted by Crippen LogP contribution is 2.27. The summed E-state index contributed by atoms with van der Waals surface area (Å²) >= 11 is 3.46. The van der Waals surface area contributed by atoms with Gasteiger partial charge in [-0.2, -0.15) is 0 Å². The van der Waals surface area contributed by atoms with E-state index in [1.807, 2.05) is 11.0 Å². The Labute approximate surface area is 148 Å². The molecule has 3 rings (SSSR count). The topological polar surface area (TPSA) is 23.6 Å². The molecule has 0 N–H and O–H groups in total. The lowest BCUT2D eigenvalue weighted by Gasteiger charge is -2.38. The van der Waals surface area contributed by atoms with Crippen LogP contribution >= 0.6 is 15.9 Å². The van der Waals surface area contributed by atoms with Crippen molar-refractivity contribution in [3.8, 4) is 0 Å². The molecule has 0 aliphatic carbocycles. The van der Waals surface area contributed by atoms with Gasteiger partial charge in [-0.25, -0.2) is 8.78 Å². The van der Waals surface area contributed by atoms with Crippen LogP contribution in [0.25, 0.3) is 0 Å². The third kappa shape index (κ3) is 3.29. The maximum absolute atomic E-state index is 13.8. The van der Waals surface area contributed by atoms with Gasteiger partial charge in [-0.1, -0.05) is 15.9 Å². The SMILES string of the molecule is Cc1cc(Br)ccc1N1CCN(c2cc(F)c(C=O)c(F)c2)CC1. The van der Waals surface area contributed by atoms with Gasteiger partial charge in [-0.15, -0.1) is 0 Å². The molecule has 0 bridgehead atoms. The molecule has 0 radical (unpaired) electrons. The minimum absolute atomic E-state index is 0.211. The van der Waals surface area contributed by atoms with Crippen molar-refractivity contribution in [2.45, 2.75) is 6.92 Å². The van der Waals surface area contributed by atoms with Crippen molar-refractivity contribution in [3.05, 3.63) is 57.6 Å². The molecule has 0 spiro atoms. The highest BCUT2D eigenvalue weighted by Gasteiger charge is 2.21. The number of carbonyl (C=O) groups is 1. The van der Waals surface area contributed by atoms with Crippen molar-refractivity contribution in [2.75, 3.05) is 36.0 Å². The van der Waals surface area contributed by atoms with Crippen molar-refractivity contribution >= 4 is 33.6 Å². The van der Waals surface area contributed by atoms with E-state index in [1.165, 1.54) is 23.4 Å². The van der Waals surface area contributed by atoms with E-state index in [-0.39, 0.29) is 6.29 Å². The lowest BCUT2D eigenvalue weighted by atomic mass is 10.1. The molecule has 1 fully saturated rings. The van der Waals surface area contributed by atoms with Crippen molar-refractivity contribution in [1.82, 2.24) is 0 Å². The molecule has 0 amide bonds. The molecule has 0 aromatic heterocycles. The molecule has 126 valence electrons. The maximum Gasteiger partial charge on any atom is 0.155 e. The zero-order valence-electron chi connectivity index (χ0n) is 13.2. The molecule has 1 aliphatic rings. The molecule has 1 saturated heterocycles. The normalized spacial score (nSPS) is 14.8. The van der Waals surface area contributed by atoms with Gasteiger partial charge in [0.05, 0.1) is 5.56 Å². The van der Waals surface area contributed by atoms with Gasteiger partial charge >= 0.3 is 0 Å². The third-order valence-corrected chi connectivity index (χ3v) is 4.82. The molecule has 3 nitrogen and oxygen atoms in total. The van der Waals surface area contributed by atoms with Crippen molar-refractivity contribution in [3.63, 3.8) is 0 Å². The fourth-order valence-electron chi connectivity index (χ4n) is 3.05. The second-order valence-corrected chi connectivity index (χ2v) is 6.76. The molecule has 0 saturated carbocycles. The van der Waals surface area contributed by atoms with E-state index in [2.05, 4.69) is 39.9 Å². The first-order valence-electron chi connectivity index (χ1n) is 7.70. The molecule has 1 heterocycles. The van der Waals surface area contributed by atoms with Crippen molar-refractivity contribution in [2.24, 2.45) is 0 Å². The number of hydrogen-bond donors (Lipinski definition) is 0. The number of nitrogens with zero attached hydrogens (tertiary/aromatic N) is 2. The maximum atomic E-state index is 13.8. The van der Waals surface area contributed by atoms with E-state index in [0.29, 0.717) is 18.8 Å². The highest BCUT2D eigenvalue weighted by molar-refractivity contribution is 9.10. The first-order chi connectivity index (χ1) is 11.5. The highest BCUT2D eigenvalue weighted by atomic mass is 79.9. The Kier molecular flexibility index (Phi) is 4.85. The first kappa shape index (κ1) is 16.9. The van der Waals surface area contributed by atoms with Crippen LogP contribution in [0.1, 0.15) is 15.9 Å². The molecule has 6 heteroatoms. The lowest BCUT2D eigenvalue weighted by Crippen LogP contribution is -2.46. The smallest absolute Gasteiger partial charge is 0.155 e. The number of halogens is 3. The van der Waals surface area contributed by atoms with Crippen LogP contribution < -0.4 is 9.80 Å². The van der Waals surface area contributed by atoms with Crippen LogP contribution in [-0.4, -0.2) is 32.5 Å². The van der Waals surface area contributed by atoms with Gasteiger partial charge in [0.25, 0.3) is 0 Å². The minimum atomic E-state index is -0.814. The fraction of sp³-hybridized carbons (Fsp3) is 0.278. The predicted molar refractivity (Wildman–Crippen MR) is 95.1 cm³/mol. The number of anilines is 2. The molecule has 0 unspecified atom stereocenters. The van der Waals surface area contributed by atoms with Crippen LogP contribution in [0.2, 0.25) is 0 Å². The summed E-state index contributed by atoms with van der Waals surface area (Å²) < 4.78 is 28.6. The Morgan fingerprint density at radius 2 is 1.58 bits per heavy atom. The third-order valence-electron chi connectivity index (χ3n) is 4.33. The number of rotatable bonds is 3. The number of piperazine rings is 1. The largest absolute Gasteiger partial charge is 0.368 e. The number of hydrogen-bond acceptors (Lipinski definition) is 3. The summed E-state index contributed by atoms with van der Waals surface area (Å²) in [5, 5.41) is 0. The average molecular weight is 395 g/mol. The summed E-state index contributed by atoms with van der Waals surface area (Å²) in [5.41, 5.74) is 2.32. The second-order valence-electron chi connectivity index (χ2n) is 5.85. The van der Waals surface area contributed by atoms with E-state index in [1.54, 1.807) is 0 Å². The van der Waals surface area contributed by atoms with Crippen LogP contribution in [0.5, 0.6) is 0 Å². The van der Waals surface area contributed by atoms with Gasteiger partial charge in [-0.3, -0.25) is 4.79 Å². The van der Waals surface area contributed by atoms with E-state index in [0.717, 1.165) is 17.6 Å². The molecule has 2 aromatic rings. The molecule has 24 heavy (non-hydrogen) atoms. The van der Waals surface area contributed by atoms with E-state index in [9.17, 15) is 13.6 Å². The Morgan fingerprint density at radius 1 is 1.00 bits per heavy atom. The van der Waals surface area contributed by atoms with Crippen LogP contribution in [0.15, 0.2) is 34.8 Å². The number of aryl methyl sites for hydroxylation is 1. The van der Waals surface area contributed by atoms with Gasteiger partial charge in [0.1, 0.15) is 11.6 Å². The van der Waals surface area contributed by atoms with Crippen LogP contribution in [0, 0.1) is 18.6 Å². The summed E-state index contributed by atoms with van der Waals surface area (Å²) in [4.78, 5) is 14.9. The van der Waals surface area contributed by atoms with E-state index >= 15 is 0 Å². The average Bonchev–Trinajstić information content (AvgIpc) is 2.55. The first-order valence-corrected chi connectivity index (χ1v) is 8.49. The van der Waals surface area contributed by atoms with Gasteiger partial charge in [0.15, 0.2) is 6.29 Å². The van der Waals surface area contributed by atoms with Gasteiger partial charge in [-0.05, 0) is 42.8 Å². The monoisotopic (exact) mass is 394 g/mol. The lowest BCUT2D eigenvalue weighted by molar-refractivity contribution is 0.111. The van der Waals surface area contributed by atoms with E-state index in [4.69, 9.17) is 0 Å². The molecule has 1 aliphatic heterocycles. The van der Waals surface area contributed by atoms with E-state index < -0.39 is 17.2 Å². The summed E-state index contributed by atoms with van der Waals surface area (Å²) in [6.07, 6.45) is 0.211. The van der Waals surface area contributed by atoms with Crippen LogP contribution in [0.4, 0.5) is 20.2 Å². The summed E-state index contributed by atoms with van der Waals surface area (Å²) in [6, 6.07) is 8.62. The quantitative estimate of drug-likeness (QED) is 0.729. The number of benzene rings is 2. The Hall–Kier alpha value is -1.95. The number of aldehydes is 1. The summed E-state index contributed by atoms with van der Waals surface area (Å²) in [5.74, 6) is -1.63. The van der Waals surface area contributed by atoms with Gasteiger partial charge < -0.3 is 9.80 Å². The zero-order chi connectivity index (χ0) is 17.3. The fourth-order valence-corrected chi connectivity index (χ4v) is 3.52. The zero-order valence-corrected chi connectivity index (χ0v) is 14.8. The Bertz CT molecular complexity index is 751. The van der Waals surface area contributed by atoms with Gasteiger partial charge in [0.2, 0.25) is 0 Å². The second kappa shape index (κ2) is 6.89. The van der Waals surface area contributed by atoms with Crippen molar-refractivity contribution in [1.29, 1.82) is 0 Å². The Morgan fingerprint density at radius 3 is 2.12 bits per heavy atom. The molecular formula is C18H17BrF2N2O. The molecular weight excluding hydrogens is 378 g/mol. The molecule has 2 aromatic carbocycles. The molecule has 0 atom stereocenters. The standard InChI is InChI=1S/C18H17BrF2N2O/c1-12-8-13(19)2-3-18(12)23-6-4-22(5-7-23)14-9-16(20)15(11-24)17(21)10-14/h2-3,8-11H,4-7H2,1H3. The number of carbonyl (C=O) groups excluding carboxylic acids is 1. The summed E-state index contributed by atoms with van der Waals surface area (Å²) in [7, 11) is 0. The van der Waals surface area contributed by atoms with Gasteiger partial charge in [0, 0.05) is 42.0 Å². The van der Waals surface area contributed by atoms with Crippen molar-refractivity contribution < 1.29 is 13.6 Å². The predicted octanol–water partition coefficient (Wildman–Crippen LogP) is 4.17. The van der Waals surface area contributed by atoms with Crippen LogP contribution in [0.3, 0.4) is 0 Å². The minimum Gasteiger partial charge on any atom is -0.368 e. The van der Waals surface area contributed by atoms with Crippen LogP contribution in [-0.2, 0) is 0 Å².